The maximum atomic E-state index is 15.2. The minimum atomic E-state index is -1.15. The van der Waals surface area contributed by atoms with Crippen LogP contribution in [0.15, 0.2) is 55.0 Å². The predicted molar refractivity (Wildman–Crippen MR) is 144 cm³/mol. The van der Waals surface area contributed by atoms with E-state index in [9.17, 15) is 10.1 Å². The highest BCUT2D eigenvalue weighted by molar-refractivity contribution is 5.82. The van der Waals surface area contributed by atoms with Gasteiger partial charge in [-0.05, 0) is 56.6 Å². The summed E-state index contributed by atoms with van der Waals surface area (Å²) in [6.45, 7) is 2.69. The first-order valence-corrected chi connectivity index (χ1v) is 12.9. The third kappa shape index (κ3) is 5.84. The summed E-state index contributed by atoms with van der Waals surface area (Å²) in [5, 5.41) is 20.3. The van der Waals surface area contributed by atoms with Crippen molar-refractivity contribution in [3.8, 4) is 34.5 Å². The lowest BCUT2D eigenvalue weighted by molar-refractivity contribution is 0.148. The second-order valence-corrected chi connectivity index (χ2v) is 9.82. The van der Waals surface area contributed by atoms with Gasteiger partial charge in [0.25, 0.3) is 0 Å². The molecule has 0 spiro atoms. The molecule has 4 aromatic rings. The number of benzene rings is 2. The average molecular weight is 529 g/mol. The maximum absolute atomic E-state index is 15.2. The highest BCUT2D eigenvalue weighted by Crippen LogP contribution is 2.36. The largest absolute Gasteiger partial charge is 0.476 e. The molecular formula is C29H29FN6O3. The zero-order valence-corrected chi connectivity index (χ0v) is 21.6. The number of hydrogen-bond donors (Lipinski definition) is 2. The van der Waals surface area contributed by atoms with Crippen LogP contribution < -0.4 is 10.1 Å². The molecule has 2 aromatic carbocycles. The second-order valence-electron chi connectivity index (χ2n) is 9.82. The summed E-state index contributed by atoms with van der Waals surface area (Å²) in [7, 11) is 2.12. The van der Waals surface area contributed by atoms with Crippen LogP contribution in [-0.2, 0) is 6.42 Å². The van der Waals surface area contributed by atoms with Crippen LogP contribution in [0.4, 0.5) is 9.18 Å². The van der Waals surface area contributed by atoms with Crippen molar-refractivity contribution in [3.63, 3.8) is 0 Å². The smallest absolute Gasteiger partial charge is 0.404 e. The van der Waals surface area contributed by atoms with Crippen molar-refractivity contribution < 1.29 is 19.0 Å². The number of carboxylic acid groups (broad SMARTS) is 1. The Kier molecular flexibility index (Phi) is 7.70. The Balaban J connectivity index is 1.56. The summed E-state index contributed by atoms with van der Waals surface area (Å²) in [6, 6.07) is 14.1. The summed E-state index contributed by atoms with van der Waals surface area (Å²) < 4.78 is 23.3. The van der Waals surface area contributed by atoms with E-state index in [0.29, 0.717) is 52.0 Å². The molecule has 1 saturated heterocycles. The van der Waals surface area contributed by atoms with Crippen molar-refractivity contribution in [2.24, 2.45) is 5.92 Å². The highest BCUT2D eigenvalue weighted by atomic mass is 19.1. The van der Waals surface area contributed by atoms with Crippen LogP contribution in [0.25, 0.3) is 28.0 Å². The zero-order valence-electron chi connectivity index (χ0n) is 21.6. The predicted octanol–water partition coefficient (Wildman–Crippen LogP) is 4.60. The number of amides is 1. The van der Waals surface area contributed by atoms with Gasteiger partial charge in [0, 0.05) is 30.1 Å². The number of nitrogens with zero attached hydrogens (tertiary/aromatic N) is 5. The topological polar surface area (TPSA) is 116 Å². The van der Waals surface area contributed by atoms with Gasteiger partial charge in [-0.25, -0.2) is 19.2 Å². The molecular weight excluding hydrogens is 499 g/mol. The summed E-state index contributed by atoms with van der Waals surface area (Å²) in [4.78, 5) is 22.3. The molecule has 1 fully saturated rings. The standard InChI is InChI=1S/C29H29FN6O3/c1-35-12-2-3-20(16-35)17-39-28-25-15-32-18-36(25)27(26(34-28)22-6-4-19(14-31)5-7-22)23-9-8-21(24(30)13-23)10-11-33-29(37)38/h4-9,13,15,18,20,33H,2-3,10-12,16-17H2,1H3,(H,37,38)/t20-/m1/s1. The van der Waals surface area contributed by atoms with Crippen LogP contribution >= 0.6 is 0 Å². The fourth-order valence-corrected chi connectivity index (χ4v) is 5.05. The number of fused-ring (bicyclic) bond motifs is 1. The fourth-order valence-electron chi connectivity index (χ4n) is 5.05. The molecule has 1 aliphatic heterocycles. The summed E-state index contributed by atoms with van der Waals surface area (Å²) in [5.41, 5.74) is 4.12. The number of halogens is 1. The third-order valence-electron chi connectivity index (χ3n) is 7.00. The van der Waals surface area contributed by atoms with Crippen LogP contribution in [0, 0.1) is 23.1 Å². The van der Waals surface area contributed by atoms with Crippen molar-refractivity contribution in [1.82, 2.24) is 24.6 Å². The quantitative estimate of drug-likeness (QED) is 0.343. The Labute approximate surface area is 225 Å². The number of nitrogens with one attached hydrogen (secondary N) is 1. The first kappa shape index (κ1) is 26.1. The molecule has 200 valence electrons. The highest BCUT2D eigenvalue weighted by Gasteiger charge is 2.22. The molecule has 0 bridgehead atoms. The number of imidazole rings is 1. The van der Waals surface area contributed by atoms with Gasteiger partial charge >= 0.3 is 6.09 Å². The molecule has 1 atom stereocenters. The van der Waals surface area contributed by atoms with Crippen LogP contribution in [-0.4, -0.2) is 63.8 Å². The molecule has 0 aliphatic carbocycles. The van der Waals surface area contributed by atoms with Gasteiger partial charge in [0.2, 0.25) is 5.88 Å². The molecule has 9 nitrogen and oxygen atoms in total. The lowest BCUT2D eigenvalue weighted by Gasteiger charge is -2.29. The van der Waals surface area contributed by atoms with E-state index in [4.69, 9.17) is 14.8 Å². The first-order chi connectivity index (χ1) is 18.9. The number of carbonyl (C=O) groups is 1. The molecule has 0 radical (unpaired) electrons. The van der Waals surface area contributed by atoms with Gasteiger partial charge < -0.3 is 20.1 Å². The van der Waals surface area contributed by atoms with E-state index in [0.717, 1.165) is 31.5 Å². The maximum Gasteiger partial charge on any atom is 0.404 e. The van der Waals surface area contributed by atoms with Gasteiger partial charge in [-0.1, -0.05) is 24.3 Å². The summed E-state index contributed by atoms with van der Waals surface area (Å²) >= 11 is 0. The molecule has 1 amide bonds. The van der Waals surface area contributed by atoms with Crippen molar-refractivity contribution in [2.45, 2.75) is 19.3 Å². The zero-order chi connectivity index (χ0) is 27.4. The molecule has 0 saturated carbocycles. The average Bonchev–Trinajstić information content (AvgIpc) is 3.42. The Hall–Kier alpha value is -4.49. The molecule has 3 heterocycles. The lowest BCUT2D eigenvalue weighted by atomic mass is 9.99. The molecule has 39 heavy (non-hydrogen) atoms. The Morgan fingerprint density at radius 2 is 2.05 bits per heavy atom. The van der Waals surface area contributed by atoms with Gasteiger partial charge in [-0.3, -0.25) is 4.40 Å². The molecule has 0 unspecified atom stereocenters. The van der Waals surface area contributed by atoms with E-state index in [-0.39, 0.29) is 13.0 Å². The van der Waals surface area contributed by atoms with E-state index < -0.39 is 11.9 Å². The van der Waals surface area contributed by atoms with Crippen LogP contribution in [0.2, 0.25) is 0 Å². The van der Waals surface area contributed by atoms with Gasteiger partial charge in [0.1, 0.15) is 11.3 Å². The summed E-state index contributed by atoms with van der Waals surface area (Å²) in [6.07, 6.45) is 4.64. The van der Waals surface area contributed by atoms with Crippen molar-refractivity contribution >= 4 is 11.6 Å². The van der Waals surface area contributed by atoms with Crippen LogP contribution in [0.5, 0.6) is 5.88 Å². The molecule has 5 rings (SSSR count). The van der Waals surface area contributed by atoms with E-state index in [1.54, 1.807) is 36.8 Å². The minimum absolute atomic E-state index is 0.109. The number of ether oxygens (including phenoxy) is 1. The normalized spacial score (nSPS) is 15.7. The van der Waals surface area contributed by atoms with E-state index >= 15 is 4.39 Å². The number of rotatable bonds is 8. The summed E-state index contributed by atoms with van der Waals surface area (Å²) in [5.74, 6) is 0.393. The van der Waals surface area contributed by atoms with E-state index in [1.165, 1.54) is 6.07 Å². The fraction of sp³-hybridized carbons (Fsp3) is 0.310. The van der Waals surface area contributed by atoms with E-state index in [1.807, 2.05) is 16.5 Å². The van der Waals surface area contributed by atoms with Crippen molar-refractivity contribution in [3.05, 3.63) is 71.9 Å². The van der Waals surface area contributed by atoms with Gasteiger partial charge in [0.15, 0.2) is 0 Å². The van der Waals surface area contributed by atoms with Crippen molar-refractivity contribution in [2.75, 3.05) is 33.3 Å². The SMILES string of the molecule is CN1CCC[C@@H](COc2nc(-c3ccc(C#N)cc3)c(-c3ccc(CCNC(=O)O)c(F)c3)n3cncc23)C1. The van der Waals surface area contributed by atoms with Gasteiger partial charge in [0.05, 0.1) is 42.2 Å². The number of nitriles is 1. The molecule has 2 N–H and O–H groups in total. The number of piperidine rings is 1. The van der Waals surface area contributed by atoms with Gasteiger partial charge in [-0.15, -0.1) is 0 Å². The lowest BCUT2D eigenvalue weighted by Crippen LogP contribution is -2.34. The van der Waals surface area contributed by atoms with E-state index in [2.05, 4.69) is 28.3 Å². The number of likely N-dealkylation sites (tertiary alicyclic amines) is 1. The third-order valence-corrected chi connectivity index (χ3v) is 7.00. The number of aromatic nitrogens is 3. The first-order valence-electron chi connectivity index (χ1n) is 12.9. The number of hydrogen-bond acceptors (Lipinski definition) is 6. The van der Waals surface area contributed by atoms with Crippen LogP contribution in [0.1, 0.15) is 24.0 Å². The Bertz CT molecular complexity index is 1530. The Morgan fingerprint density at radius 3 is 2.77 bits per heavy atom. The molecule has 2 aromatic heterocycles. The second kappa shape index (κ2) is 11.5. The molecule has 1 aliphatic rings. The Morgan fingerprint density at radius 1 is 1.26 bits per heavy atom. The van der Waals surface area contributed by atoms with Crippen molar-refractivity contribution in [1.29, 1.82) is 5.26 Å². The molecule has 10 heteroatoms. The minimum Gasteiger partial charge on any atom is -0.476 e. The van der Waals surface area contributed by atoms with Gasteiger partial charge in [-0.2, -0.15) is 5.26 Å². The van der Waals surface area contributed by atoms with Crippen LogP contribution in [0.3, 0.4) is 0 Å². The monoisotopic (exact) mass is 528 g/mol.